The van der Waals surface area contributed by atoms with Crippen LogP contribution in [-0.4, -0.2) is 46.3 Å². The van der Waals surface area contributed by atoms with E-state index in [1.54, 1.807) is 19.2 Å². The van der Waals surface area contributed by atoms with Crippen molar-refractivity contribution in [1.29, 1.82) is 0 Å². The molecule has 1 fully saturated rings. The highest BCUT2D eigenvalue weighted by atomic mass is 32.2. The van der Waals surface area contributed by atoms with Crippen LogP contribution in [0.5, 0.6) is 0 Å². The van der Waals surface area contributed by atoms with Crippen LogP contribution in [0.4, 0.5) is 5.69 Å². The van der Waals surface area contributed by atoms with Gasteiger partial charge in [0.05, 0.1) is 29.1 Å². The number of piperidine rings is 1. The first-order chi connectivity index (χ1) is 16.7. The van der Waals surface area contributed by atoms with Gasteiger partial charge in [-0.2, -0.15) is 4.31 Å². The Morgan fingerprint density at radius 1 is 1.20 bits per heavy atom. The summed E-state index contributed by atoms with van der Waals surface area (Å²) in [5, 5.41) is 3.68. The van der Waals surface area contributed by atoms with Crippen molar-refractivity contribution in [3.8, 4) is 0 Å². The molecule has 0 unspecified atom stereocenters. The standard InChI is InChI=1S/C24H25N5O4S2/c1-15-7-9-29(10-8-15)35(32,33)22-16(2)34-23-21(22)24(31)28(14-26-23)13-20(30)27-18-11-17-5-3-4-6-19(17)25-12-18/h3-6,11-12,14-15H,7-10,13H2,1-2H3,(H,27,30). The number of aromatic nitrogens is 3. The van der Waals surface area contributed by atoms with Gasteiger partial charge in [0.15, 0.2) is 0 Å². The van der Waals surface area contributed by atoms with Crippen LogP contribution in [0.1, 0.15) is 24.6 Å². The second-order valence-corrected chi connectivity index (χ2v) is 12.0. The van der Waals surface area contributed by atoms with Crippen LogP contribution in [-0.2, 0) is 21.4 Å². The Morgan fingerprint density at radius 3 is 2.71 bits per heavy atom. The van der Waals surface area contributed by atoms with Crippen molar-refractivity contribution in [2.24, 2.45) is 5.92 Å². The molecular weight excluding hydrogens is 486 g/mol. The van der Waals surface area contributed by atoms with Crippen molar-refractivity contribution >= 4 is 54.1 Å². The van der Waals surface area contributed by atoms with Crippen molar-refractivity contribution in [2.75, 3.05) is 18.4 Å². The van der Waals surface area contributed by atoms with E-state index in [0.29, 0.717) is 34.4 Å². The van der Waals surface area contributed by atoms with Crippen LogP contribution in [0.3, 0.4) is 0 Å². The summed E-state index contributed by atoms with van der Waals surface area (Å²) in [6.07, 6.45) is 4.41. The number of para-hydroxylation sites is 1. The number of hydrogen-bond acceptors (Lipinski definition) is 7. The molecule has 0 spiro atoms. The normalized spacial score (nSPS) is 15.6. The zero-order chi connectivity index (χ0) is 24.7. The smallest absolute Gasteiger partial charge is 0.263 e. The van der Waals surface area contributed by atoms with Gasteiger partial charge in [-0.25, -0.2) is 13.4 Å². The molecular formula is C24H25N5O4S2. The molecule has 3 aromatic heterocycles. The van der Waals surface area contributed by atoms with Crippen LogP contribution in [0.2, 0.25) is 0 Å². The number of fused-ring (bicyclic) bond motifs is 2. The second kappa shape index (κ2) is 9.14. The predicted octanol–water partition coefficient (Wildman–Crippen LogP) is 3.37. The van der Waals surface area contributed by atoms with Crippen LogP contribution >= 0.6 is 11.3 Å². The van der Waals surface area contributed by atoms with Gasteiger partial charge >= 0.3 is 0 Å². The monoisotopic (exact) mass is 511 g/mol. The van der Waals surface area contributed by atoms with E-state index in [-0.39, 0.29) is 16.8 Å². The second-order valence-electron chi connectivity index (χ2n) is 8.90. The summed E-state index contributed by atoms with van der Waals surface area (Å²) in [4.78, 5) is 35.6. The van der Waals surface area contributed by atoms with Crippen molar-refractivity contribution in [2.45, 2.75) is 38.1 Å². The van der Waals surface area contributed by atoms with E-state index < -0.39 is 21.5 Å². The maximum absolute atomic E-state index is 13.5. The number of pyridine rings is 1. The van der Waals surface area contributed by atoms with Crippen LogP contribution in [0, 0.1) is 12.8 Å². The number of rotatable bonds is 5. The Bertz CT molecular complexity index is 1600. The van der Waals surface area contributed by atoms with Gasteiger partial charge in [0.1, 0.15) is 16.3 Å². The first-order valence-corrected chi connectivity index (χ1v) is 13.6. The molecule has 0 radical (unpaired) electrons. The number of anilines is 1. The van der Waals surface area contributed by atoms with Gasteiger partial charge in [-0.15, -0.1) is 11.3 Å². The van der Waals surface area contributed by atoms with E-state index in [0.717, 1.165) is 28.3 Å². The minimum absolute atomic E-state index is 0.0121. The largest absolute Gasteiger partial charge is 0.323 e. The quantitative estimate of drug-likeness (QED) is 0.439. The summed E-state index contributed by atoms with van der Waals surface area (Å²) < 4.78 is 29.6. The Labute approximate surface area is 206 Å². The third kappa shape index (κ3) is 4.46. The van der Waals surface area contributed by atoms with Gasteiger partial charge in [-0.1, -0.05) is 25.1 Å². The first kappa shape index (κ1) is 23.6. The molecule has 1 aliphatic rings. The Balaban J connectivity index is 1.45. The molecule has 4 aromatic rings. The number of sulfonamides is 1. The molecule has 9 nitrogen and oxygen atoms in total. The first-order valence-electron chi connectivity index (χ1n) is 11.4. The third-order valence-electron chi connectivity index (χ3n) is 6.33. The van der Waals surface area contributed by atoms with Crippen LogP contribution in [0.15, 0.2) is 52.5 Å². The molecule has 0 atom stereocenters. The lowest BCUT2D eigenvalue weighted by molar-refractivity contribution is -0.116. The van der Waals surface area contributed by atoms with E-state index in [2.05, 4.69) is 22.2 Å². The summed E-state index contributed by atoms with van der Waals surface area (Å²) in [5.41, 5.74) is 0.765. The molecule has 1 N–H and O–H groups in total. The number of amides is 1. The van der Waals surface area contributed by atoms with Crippen molar-refractivity contribution < 1.29 is 13.2 Å². The summed E-state index contributed by atoms with van der Waals surface area (Å²) >= 11 is 1.18. The van der Waals surface area contributed by atoms with Crippen LogP contribution in [0.25, 0.3) is 21.1 Å². The molecule has 1 amide bonds. The topological polar surface area (TPSA) is 114 Å². The van der Waals surface area contributed by atoms with E-state index in [9.17, 15) is 18.0 Å². The molecule has 182 valence electrons. The average molecular weight is 512 g/mol. The molecule has 11 heteroatoms. The summed E-state index contributed by atoms with van der Waals surface area (Å²) in [5.74, 6) is 0.0312. The zero-order valence-electron chi connectivity index (χ0n) is 19.4. The zero-order valence-corrected chi connectivity index (χ0v) is 21.0. The maximum atomic E-state index is 13.5. The molecule has 35 heavy (non-hydrogen) atoms. The number of benzene rings is 1. The SMILES string of the molecule is Cc1sc2ncn(CC(=O)Nc3cnc4ccccc4c3)c(=O)c2c1S(=O)(=O)N1CCC(C)CC1. The number of hydrogen-bond donors (Lipinski definition) is 1. The highest BCUT2D eigenvalue weighted by Gasteiger charge is 2.33. The van der Waals surface area contributed by atoms with E-state index in [1.165, 1.54) is 22.0 Å². The summed E-state index contributed by atoms with van der Waals surface area (Å²) in [7, 11) is -3.85. The molecule has 0 saturated carbocycles. The number of thiophene rings is 1. The summed E-state index contributed by atoms with van der Waals surface area (Å²) in [6.45, 7) is 4.35. The fourth-order valence-electron chi connectivity index (χ4n) is 4.39. The fourth-order valence-corrected chi connectivity index (χ4v) is 7.52. The summed E-state index contributed by atoms with van der Waals surface area (Å²) in [6, 6.07) is 9.34. The van der Waals surface area contributed by atoms with Gasteiger partial charge in [-0.05, 0) is 37.8 Å². The minimum atomic E-state index is -3.85. The average Bonchev–Trinajstić information content (AvgIpc) is 3.18. The van der Waals surface area contributed by atoms with Gasteiger partial charge in [0.2, 0.25) is 15.9 Å². The molecule has 0 bridgehead atoms. The molecule has 1 saturated heterocycles. The minimum Gasteiger partial charge on any atom is -0.323 e. The molecule has 5 rings (SSSR count). The van der Waals surface area contributed by atoms with Gasteiger partial charge in [0.25, 0.3) is 5.56 Å². The van der Waals surface area contributed by atoms with Gasteiger partial charge in [-0.3, -0.25) is 19.1 Å². The molecule has 1 aliphatic heterocycles. The number of nitrogens with one attached hydrogen (secondary N) is 1. The fraction of sp³-hybridized carbons (Fsp3) is 0.333. The third-order valence-corrected chi connectivity index (χ3v) is 9.54. The van der Waals surface area contributed by atoms with E-state index in [4.69, 9.17) is 0 Å². The lowest BCUT2D eigenvalue weighted by Gasteiger charge is -2.29. The molecule has 0 aliphatic carbocycles. The highest BCUT2D eigenvalue weighted by Crippen LogP contribution is 2.34. The van der Waals surface area contributed by atoms with E-state index in [1.807, 2.05) is 24.3 Å². The highest BCUT2D eigenvalue weighted by molar-refractivity contribution is 7.89. The predicted molar refractivity (Wildman–Crippen MR) is 136 cm³/mol. The molecule has 1 aromatic carbocycles. The maximum Gasteiger partial charge on any atom is 0.263 e. The Hall–Kier alpha value is -3.15. The van der Waals surface area contributed by atoms with Crippen molar-refractivity contribution in [3.63, 3.8) is 0 Å². The van der Waals surface area contributed by atoms with E-state index >= 15 is 0 Å². The van der Waals surface area contributed by atoms with Crippen molar-refractivity contribution in [3.05, 3.63) is 58.1 Å². The van der Waals surface area contributed by atoms with Gasteiger partial charge in [0, 0.05) is 23.4 Å². The Kier molecular flexibility index (Phi) is 6.16. The lowest BCUT2D eigenvalue weighted by Crippen LogP contribution is -2.38. The number of carbonyl (C=O) groups is 1. The number of carbonyl (C=O) groups excluding carboxylic acids is 1. The van der Waals surface area contributed by atoms with Crippen molar-refractivity contribution in [1.82, 2.24) is 18.8 Å². The Morgan fingerprint density at radius 2 is 1.94 bits per heavy atom. The molecule has 4 heterocycles. The van der Waals surface area contributed by atoms with Gasteiger partial charge < -0.3 is 5.32 Å². The number of nitrogens with zero attached hydrogens (tertiary/aromatic N) is 4. The van der Waals surface area contributed by atoms with Crippen LogP contribution < -0.4 is 10.9 Å². The lowest BCUT2D eigenvalue weighted by atomic mass is 10.0. The number of aryl methyl sites for hydroxylation is 1.